The van der Waals surface area contributed by atoms with Crippen LogP contribution in [0.25, 0.3) is 11.3 Å². The molecule has 0 aliphatic heterocycles. The summed E-state index contributed by atoms with van der Waals surface area (Å²) in [6.45, 7) is 5.03. The summed E-state index contributed by atoms with van der Waals surface area (Å²) in [5.74, 6) is 0.576. The van der Waals surface area contributed by atoms with Crippen LogP contribution in [0.2, 0.25) is 0 Å². The van der Waals surface area contributed by atoms with Crippen molar-refractivity contribution >= 4 is 0 Å². The van der Waals surface area contributed by atoms with E-state index in [2.05, 4.69) is 37.1 Å². The minimum absolute atomic E-state index is 0.0313. The SMILES string of the molecule is CC(C)CCn1nc2c(cc1=O)CCc1ccccc1-2. The van der Waals surface area contributed by atoms with Gasteiger partial charge in [-0.15, -0.1) is 0 Å². The van der Waals surface area contributed by atoms with Crippen LogP contribution in [0.15, 0.2) is 35.1 Å². The third-order valence-electron chi connectivity index (χ3n) is 3.93. The van der Waals surface area contributed by atoms with Crippen molar-refractivity contribution in [2.45, 2.75) is 39.7 Å². The first-order chi connectivity index (χ1) is 9.65. The molecule has 0 saturated heterocycles. The van der Waals surface area contributed by atoms with Crippen molar-refractivity contribution in [1.29, 1.82) is 0 Å². The minimum atomic E-state index is 0.0313. The third kappa shape index (κ3) is 2.40. The Morgan fingerprint density at radius 3 is 2.75 bits per heavy atom. The molecule has 0 bridgehead atoms. The number of benzene rings is 1. The van der Waals surface area contributed by atoms with Gasteiger partial charge in [-0.25, -0.2) is 4.68 Å². The van der Waals surface area contributed by atoms with Gasteiger partial charge in [0, 0.05) is 18.2 Å². The largest absolute Gasteiger partial charge is 0.268 e. The smallest absolute Gasteiger partial charge is 0.267 e. The van der Waals surface area contributed by atoms with Crippen LogP contribution < -0.4 is 5.56 Å². The van der Waals surface area contributed by atoms with Crippen LogP contribution in [-0.4, -0.2) is 9.78 Å². The molecule has 2 aromatic rings. The molecule has 0 spiro atoms. The van der Waals surface area contributed by atoms with E-state index in [1.165, 1.54) is 11.1 Å². The van der Waals surface area contributed by atoms with E-state index in [1.807, 2.05) is 6.07 Å². The van der Waals surface area contributed by atoms with Crippen molar-refractivity contribution in [3.8, 4) is 11.3 Å². The van der Waals surface area contributed by atoms with E-state index in [1.54, 1.807) is 10.7 Å². The number of hydrogen-bond acceptors (Lipinski definition) is 2. The topological polar surface area (TPSA) is 34.9 Å². The highest BCUT2D eigenvalue weighted by molar-refractivity contribution is 5.68. The van der Waals surface area contributed by atoms with Gasteiger partial charge in [-0.05, 0) is 36.3 Å². The first-order valence-corrected chi connectivity index (χ1v) is 7.34. The quantitative estimate of drug-likeness (QED) is 0.857. The van der Waals surface area contributed by atoms with Gasteiger partial charge in [-0.3, -0.25) is 4.79 Å². The highest BCUT2D eigenvalue weighted by Gasteiger charge is 2.18. The van der Waals surface area contributed by atoms with Crippen molar-refractivity contribution in [3.05, 3.63) is 51.8 Å². The normalized spacial score (nSPS) is 13.2. The molecule has 104 valence electrons. The average molecular weight is 268 g/mol. The Hall–Kier alpha value is -1.90. The van der Waals surface area contributed by atoms with Crippen molar-refractivity contribution in [3.63, 3.8) is 0 Å². The molecule has 3 rings (SSSR count). The van der Waals surface area contributed by atoms with E-state index in [-0.39, 0.29) is 5.56 Å². The van der Waals surface area contributed by atoms with Crippen molar-refractivity contribution in [2.75, 3.05) is 0 Å². The fourth-order valence-electron chi connectivity index (χ4n) is 2.72. The van der Waals surface area contributed by atoms with E-state index in [9.17, 15) is 4.79 Å². The zero-order valence-corrected chi connectivity index (χ0v) is 12.1. The number of nitrogens with zero attached hydrogens (tertiary/aromatic N) is 2. The Morgan fingerprint density at radius 1 is 1.20 bits per heavy atom. The molecule has 0 atom stereocenters. The highest BCUT2D eigenvalue weighted by atomic mass is 16.1. The number of aryl methyl sites for hydroxylation is 3. The van der Waals surface area contributed by atoms with Crippen molar-refractivity contribution in [2.24, 2.45) is 5.92 Å². The van der Waals surface area contributed by atoms with Gasteiger partial charge in [0.25, 0.3) is 5.56 Å². The summed E-state index contributed by atoms with van der Waals surface area (Å²) in [4.78, 5) is 12.1. The molecular weight excluding hydrogens is 248 g/mol. The third-order valence-corrected chi connectivity index (χ3v) is 3.93. The number of hydrogen-bond donors (Lipinski definition) is 0. The predicted octanol–water partition coefficient (Wildman–Crippen LogP) is 3.06. The van der Waals surface area contributed by atoms with E-state index >= 15 is 0 Å². The van der Waals surface area contributed by atoms with Crippen LogP contribution >= 0.6 is 0 Å². The first kappa shape index (κ1) is 13.1. The lowest BCUT2D eigenvalue weighted by atomic mass is 9.90. The summed E-state index contributed by atoms with van der Waals surface area (Å²) in [5.41, 5.74) is 4.64. The second-order valence-corrected chi connectivity index (χ2v) is 5.92. The minimum Gasteiger partial charge on any atom is -0.268 e. The van der Waals surface area contributed by atoms with Crippen LogP contribution in [0.1, 0.15) is 31.4 Å². The standard InChI is InChI=1S/C17H20N2O/c1-12(2)9-10-19-16(20)11-14-8-7-13-5-3-4-6-15(13)17(14)18-19/h3-6,11-12H,7-10H2,1-2H3. The molecule has 0 amide bonds. The molecule has 0 saturated carbocycles. The Kier molecular flexibility index (Phi) is 3.43. The summed E-state index contributed by atoms with van der Waals surface area (Å²) in [6, 6.07) is 10.2. The maximum Gasteiger partial charge on any atom is 0.267 e. The summed E-state index contributed by atoms with van der Waals surface area (Å²) >= 11 is 0. The number of fused-ring (bicyclic) bond motifs is 3. The summed E-state index contributed by atoms with van der Waals surface area (Å²) in [6.07, 6.45) is 2.90. The van der Waals surface area contributed by atoms with Gasteiger partial charge in [-0.2, -0.15) is 5.10 Å². The molecule has 1 heterocycles. The van der Waals surface area contributed by atoms with Crippen LogP contribution in [0.4, 0.5) is 0 Å². The molecule has 0 unspecified atom stereocenters. The van der Waals surface area contributed by atoms with Gasteiger partial charge in [0.05, 0.1) is 5.69 Å². The number of aromatic nitrogens is 2. The molecule has 3 heteroatoms. The Balaban J connectivity index is 2.05. The van der Waals surface area contributed by atoms with Gasteiger partial charge >= 0.3 is 0 Å². The molecule has 1 aliphatic carbocycles. The zero-order chi connectivity index (χ0) is 14.1. The van der Waals surface area contributed by atoms with Crippen LogP contribution in [0.3, 0.4) is 0 Å². The molecular formula is C17H20N2O. The van der Waals surface area contributed by atoms with Gasteiger partial charge < -0.3 is 0 Å². The molecule has 0 fully saturated rings. The predicted molar refractivity (Wildman–Crippen MR) is 80.8 cm³/mol. The second kappa shape index (κ2) is 5.23. The Labute approximate surface area is 119 Å². The van der Waals surface area contributed by atoms with Gasteiger partial charge in [-0.1, -0.05) is 38.1 Å². The van der Waals surface area contributed by atoms with Gasteiger partial charge in [0.15, 0.2) is 0 Å². The van der Waals surface area contributed by atoms with Crippen molar-refractivity contribution in [1.82, 2.24) is 9.78 Å². The highest BCUT2D eigenvalue weighted by Crippen LogP contribution is 2.30. The van der Waals surface area contributed by atoms with E-state index < -0.39 is 0 Å². The van der Waals surface area contributed by atoms with Crippen LogP contribution in [-0.2, 0) is 19.4 Å². The second-order valence-electron chi connectivity index (χ2n) is 5.92. The monoisotopic (exact) mass is 268 g/mol. The average Bonchev–Trinajstić information content (AvgIpc) is 2.44. The zero-order valence-electron chi connectivity index (χ0n) is 12.1. The van der Waals surface area contributed by atoms with Crippen LogP contribution in [0, 0.1) is 5.92 Å². The van der Waals surface area contributed by atoms with Crippen molar-refractivity contribution < 1.29 is 0 Å². The Bertz CT molecular complexity index is 686. The van der Waals surface area contributed by atoms with Crippen LogP contribution in [0.5, 0.6) is 0 Å². The van der Waals surface area contributed by atoms with Gasteiger partial charge in [0.2, 0.25) is 0 Å². The molecule has 1 aromatic carbocycles. The summed E-state index contributed by atoms with van der Waals surface area (Å²) < 4.78 is 1.63. The lowest BCUT2D eigenvalue weighted by Crippen LogP contribution is -2.26. The van der Waals surface area contributed by atoms with E-state index in [0.29, 0.717) is 12.5 Å². The molecule has 1 aromatic heterocycles. The molecule has 0 N–H and O–H groups in total. The van der Waals surface area contributed by atoms with Gasteiger partial charge in [0.1, 0.15) is 0 Å². The Morgan fingerprint density at radius 2 is 1.95 bits per heavy atom. The summed E-state index contributed by atoms with van der Waals surface area (Å²) in [7, 11) is 0. The molecule has 3 nitrogen and oxygen atoms in total. The molecule has 1 aliphatic rings. The molecule has 20 heavy (non-hydrogen) atoms. The summed E-state index contributed by atoms with van der Waals surface area (Å²) in [5, 5.41) is 4.63. The fourth-order valence-corrected chi connectivity index (χ4v) is 2.72. The fraction of sp³-hybridized carbons (Fsp3) is 0.412. The number of rotatable bonds is 3. The molecule has 0 radical (unpaired) electrons. The maximum atomic E-state index is 12.1. The lowest BCUT2D eigenvalue weighted by Gasteiger charge is -2.19. The lowest BCUT2D eigenvalue weighted by molar-refractivity contribution is 0.471. The first-order valence-electron chi connectivity index (χ1n) is 7.34. The van der Waals surface area contributed by atoms with E-state index in [4.69, 9.17) is 0 Å². The maximum absolute atomic E-state index is 12.1. The van der Waals surface area contributed by atoms with E-state index in [0.717, 1.165) is 30.5 Å².